The minimum Gasteiger partial charge on any atom is -0.478 e. The van der Waals surface area contributed by atoms with Crippen LogP contribution in [0.5, 0.6) is 0 Å². The molecule has 1 heterocycles. The van der Waals surface area contributed by atoms with Crippen molar-refractivity contribution in [3.8, 4) is 0 Å². The summed E-state index contributed by atoms with van der Waals surface area (Å²) in [5.74, 6) is 1.16. The van der Waals surface area contributed by atoms with E-state index in [1.165, 1.54) is 0 Å². The van der Waals surface area contributed by atoms with Gasteiger partial charge >= 0.3 is 5.97 Å². The fourth-order valence-corrected chi connectivity index (χ4v) is 3.62. The average Bonchev–Trinajstić information content (AvgIpc) is 2.98. The number of hydrogen-bond donors (Lipinski definition) is 1. The van der Waals surface area contributed by atoms with Crippen molar-refractivity contribution < 1.29 is 14.7 Å². The first-order chi connectivity index (χ1) is 9.99. The van der Waals surface area contributed by atoms with Gasteiger partial charge in [0, 0.05) is 30.5 Å². The summed E-state index contributed by atoms with van der Waals surface area (Å²) in [4.78, 5) is 24.8. The van der Waals surface area contributed by atoms with Crippen LogP contribution in [0.1, 0.15) is 27.9 Å². The third kappa shape index (κ3) is 3.88. The van der Waals surface area contributed by atoms with Crippen molar-refractivity contribution in [3.05, 3.63) is 41.0 Å². The molecule has 4 nitrogen and oxygen atoms in total. The lowest BCUT2D eigenvalue weighted by molar-refractivity contribution is -0.131. The van der Waals surface area contributed by atoms with Gasteiger partial charge in [-0.25, -0.2) is 4.79 Å². The Kier molecular flexibility index (Phi) is 5.07. The highest BCUT2D eigenvalue weighted by molar-refractivity contribution is 7.99. The second kappa shape index (κ2) is 6.80. The number of thioether (sulfide) groups is 1. The van der Waals surface area contributed by atoms with Crippen molar-refractivity contribution in [3.63, 3.8) is 0 Å². The Balaban J connectivity index is 2.15. The van der Waals surface area contributed by atoms with Crippen LogP contribution in [0.4, 0.5) is 0 Å². The van der Waals surface area contributed by atoms with Gasteiger partial charge in [-0.05, 0) is 48.4 Å². The van der Waals surface area contributed by atoms with Crippen molar-refractivity contribution in [1.82, 2.24) is 4.90 Å². The predicted molar refractivity (Wildman–Crippen MR) is 85.7 cm³/mol. The molecule has 1 aromatic carbocycles. The number of carboxylic acids is 1. The van der Waals surface area contributed by atoms with Gasteiger partial charge in [0.2, 0.25) is 0 Å². The number of rotatable bonds is 4. The minimum absolute atomic E-state index is 0.0272. The molecule has 0 bridgehead atoms. The van der Waals surface area contributed by atoms with Crippen LogP contribution in [0.2, 0.25) is 0 Å². The number of aryl methyl sites for hydroxylation is 1. The zero-order chi connectivity index (χ0) is 15.4. The van der Waals surface area contributed by atoms with Gasteiger partial charge in [-0.1, -0.05) is 6.07 Å². The molecular weight excluding hydrogens is 286 g/mol. The Hall–Kier alpha value is -1.75. The molecule has 0 aromatic heterocycles. The van der Waals surface area contributed by atoms with Gasteiger partial charge in [-0.15, -0.1) is 0 Å². The van der Waals surface area contributed by atoms with E-state index in [0.29, 0.717) is 11.6 Å². The Morgan fingerprint density at radius 1 is 1.43 bits per heavy atom. The van der Waals surface area contributed by atoms with Crippen LogP contribution in [0.15, 0.2) is 24.3 Å². The Labute approximate surface area is 128 Å². The summed E-state index contributed by atoms with van der Waals surface area (Å²) in [5.41, 5.74) is 2.36. The maximum atomic E-state index is 12.5. The Morgan fingerprint density at radius 2 is 2.19 bits per heavy atom. The third-order valence-electron chi connectivity index (χ3n) is 3.70. The first-order valence-electron chi connectivity index (χ1n) is 6.85. The van der Waals surface area contributed by atoms with Crippen LogP contribution in [-0.4, -0.2) is 46.5 Å². The lowest BCUT2D eigenvalue weighted by Gasteiger charge is -2.24. The predicted octanol–water partition coefficient (Wildman–Crippen LogP) is 2.67. The molecule has 1 aliphatic heterocycles. The van der Waals surface area contributed by atoms with E-state index < -0.39 is 5.97 Å². The van der Waals surface area contributed by atoms with Crippen LogP contribution in [0, 0.1) is 6.92 Å². The van der Waals surface area contributed by atoms with E-state index in [-0.39, 0.29) is 5.91 Å². The minimum atomic E-state index is -0.979. The van der Waals surface area contributed by atoms with E-state index in [9.17, 15) is 9.59 Å². The highest BCUT2D eigenvalue weighted by Gasteiger charge is 2.24. The quantitative estimate of drug-likeness (QED) is 0.869. The standard InChI is InChI=1S/C16H19NO3S/c1-11-9-13(4-3-12(11)5-6-15(18)19)16(20)17(2)14-7-8-21-10-14/h3-6,9,14H,7-8,10H2,1-2H3,(H,18,19)/b6-5+. The molecule has 1 unspecified atom stereocenters. The molecule has 1 aliphatic rings. The summed E-state index contributed by atoms with van der Waals surface area (Å²) in [6.07, 6.45) is 3.69. The second-order valence-electron chi connectivity index (χ2n) is 5.18. The lowest BCUT2D eigenvalue weighted by Crippen LogP contribution is -2.37. The molecule has 0 spiro atoms. The van der Waals surface area contributed by atoms with Crippen LogP contribution >= 0.6 is 11.8 Å². The molecule has 0 radical (unpaired) electrons. The number of nitrogens with zero attached hydrogens (tertiary/aromatic N) is 1. The highest BCUT2D eigenvalue weighted by Crippen LogP contribution is 2.23. The number of aliphatic carboxylic acids is 1. The lowest BCUT2D eigenvalue weighted by atomic mass is 10.0. The van der Waals surface area contributed by atoms with E-state index in [1.807, 2.05) is 36.7 Å². The van der Waals surface area contributed by atoms with Crippen LogP contribution in [0.3, 0.4) is 0 Å². The summed E-state index contributed by atoms with van der Waals surface area (Å²) < 4.78 is 0. The molecule has 21 heavy (non-hydrogen) atoms. The van der Waals surface area contributed by atoms with Gasteiger partial charge in [0.25, 0.3) is 5.91 Å². The zero-order valence-electron chi connectivity index (χ0n) is 12.2. The summed E-state index contributed by atoms with van der Waals surface area (Å²) in [7, 11) is 1.85. The smallest absolute Gasteiger partial charge is 0.328 e. The molecule has 1 amide bonds. The number of carbonyl (C=O) groups excluding carboxylic acids is 1. The molecule has 1 atom stereocenters. The van der Waals surface area contributed by atoms with Crippen molar-refractivity contribution in [2.45, 2.75) is 19.4 Å². The van der Waals surface area contributed by atoms with E-state index >= 15 is 0 Å². The molecular formula is C16H19NO3S. The molecule has 1 N–H and O–H groups in total. The second-order valence-corrected chi connectivity index (χ2v) is 6.33. The van der Waals surface area contributed by atoms with E-state index in [2.05, 4.69) is 0 Å². The average molecular weight is 305 g/mol. The van der Waals surface area contributed by atoms with Gasteiger partial charge < -0.3 is 10.0 Å². The number of amides is 1. The molecule has 1 aromatic rings. The van der Waals surface area contributed by atoms with Crippen LogP contribution < -0.4 is 0 Å². The number of carboxylic acid groups (broad SMARTS) is 1. The fraction of sp³-hybridized carbons (Fsp3) is 0.375. The van der Waals surface area contributed by atoms with Crippen LogP contribution in [0.25, 0.3) is 6.08 Å². The molecule has 1 saturated heterocycles. The molecule has 0 saturated carbocycles. The first-order valence-corrected chi connectivity index (χ1v) is 8.01. The van der Waals surface area contributed by atoms with E-state index in [1.54, 1.807) is 18.2 Å². The summed E-state index contributed by atoms with van der Waals surface area (Å²) in [5, 5.41) is 8.65. The van der Waals surface area contributed by atoms with Crippen LogP contribution in [-0.2, 0) is 4.79 Å². The zero-order valence-corrected chi connectivity index (χ0v) is 13.0. The Morgan fingerprint density at radius 3 is 2.76 bits per heavy atom. The number of benzene rings is 1. The number of hydrogen-bond acceptors (Lipinski definition) is 3. The first kappa shape index (κ1) is 15.6. The van der Waals surface area contributed by atoms with Gasteiger partial charge in [0.05, 0.1) is 0 Å². The SMILES string of the molecule is Cc1cc(C(=O)N(C)C2CCSC2)ccc1/C=C/C(=O)O. The molecule has 0 aliphatic carbocycles. The fourth-order valence-electron chi connectivity index (χ4n) is 2.35. The number of carbonyl (C=O) groups is 2. The van der Waals surface area contributed by atoms with E-state index in [0.717, 1.165) is 35.1 Å². The normalized spacial score (nSPS) is 18.1. The van der Waals surface area contributed by atoms with Crippen molar-refractivity contribution in [1.29, 1.82) is 0 Å². The van der Waals surface area contributed by atoms with Gasteiger partial charge in [0.1, 0.15) is 0 Å². The largest absolute Gasteiger partial charge is 0.478 e. The Bertz CT molecular complexity index is 577. The van der Waals surface area contributed by atoms with Gasteiger partial charge in [0.15, 0.2) is 0 Å². The van der Waals surface area contributed by atoms with Crippen molar-refractivity contribution in [2.24, 2.45) is 0 Å². The highest BCUT2D eigenvalue weighted by atomic mass is 32.2. The van der Waals surface area contributed by atoms with Crippen molar-refractivity contribution in [2.75, 3.05) is 18.6 Å². The summed E-state index contributed by atoms with van der Waals surface area (Å²) in [6, 6.07) is 5.69. The maximum Gasteiger partial charge on any atom is 0.328 e. The molecule has 1 fully saturated rings. The van der Waals surface area contributed by atoms with Gasteiger partial charge in [-0.3, -0.25) is 4.79 Å². The van der Waals surface area contributed by atoms with E-state index in [4.69, 9.17) is 5.11 Å². The van der Waals surface area contributed by atoms with Gasteiger partial charge in [-0.2, -0.15) is 11.8 Å². The molecule has 112 valence electrons. The monoisotopic (exact) mass is 305 g/mol. The summed E-state index contributed by atoms with van der Waals surface area (Å²) in [6.45, 7) is 1.88. The topological polar surface area (TPSA) is 57.6 Å². The van der Waals surface area contributed by atoms with Crippen molar-refractivity contribution >= 4 is 29.7 Å². The molecule has 5 heteroatoms. The molecule has 2 rings (SSSR count). The summed E-state index contributed by atoms with van der Waals surface area (Å²) >= 11 is 1.88. The third-order valence-corrected chi connectivity index (χ3v) is 4.84. The maximum absolute atomic E-state index is 12.5.